The number of benzene rings is 1. The molecule has 1 fully saturated rings. The molecule has 9 heteroatoms. The summed E-state index contributed by atoms with van der Waals surface area (Å²) in [6.45, 7) is 7.56. The van der Waals surface area contributed by atoms with Crippen LogP contribution >= 0.6 is 23.1 Å². The van der Waals surface area contributed by atoms with Crippen LogP contribution in [0.1, 0.15) is 33.6 Å². The number of carbonyl (C=O) groups is 2. The fraction of sp³-hybridized carbons (Fsp3) is 0.550. The number of nitrogens with zero attached hydrogens (tertiary/aromatic N) is 2. The minimum atomic E-state index is -0.540. The third-order valence-corrected chi connectivity index (χ3v) is 5.65. The zero-order valence-electron chi connectivity index (χ0n) is 17.0. The van der Waals surface area contributed by atoms with Gasteiger partial charge in [0.05, 0.1) is 10.6 Å². The van der Waals surface area contributed by atoms with E-state index in [-0.39, 0.29) is 17.9 Å². The third kappa shape index (κ3) is 5.96. The van der Waals surface area contributed by atoms with E-state index in [1.807, 2.05) is 39.0 Å². The third-order valence-electron chi connectivity index (χ3n) is 4.59. The van der Waals surface area contributed by atoms with Gasteiger partial charge < -0.3 is 20.3 Å². The van der Waals surface area contributed by atoms with Crippen LogP contribution in [0.4, 0.5) is 10.6 Å². The molecule has 1 atom stereocenters. The molecule has 2 N–H and O–H groups in total. The number of aromatic nitrogens is 1. The van der Waals surface area contributed by atoms with Crippen LogP contribution in [0.5, 0.6) is 0 Å². The summed E-state index contributed by atoms with van der Waals surface area (Å²) >= 11 is 7.47. The van der Waals surface area contributed by atoms with Crippen LogP contribution in [0.25, 0.3) is 10.1 Å². The average molecular weight is 439 g/mol. The number of anilines is 1. The van der Waals surface area contributed by atoms with E-state index >= 15 is 0 Å². The molecular weight excluding hydrogens is 412 g/mol. The highest BCUT2D eigenvalue weighted by atomic mass is 35.5. The number of hydrogen-bond acceptors (Lipinski definition) is 6. The van der Waals surface area contributed by atoms with E-state index in [2.05, 4.69) is 15.0 Å². The number of nitrogens with one attached hydrogen (secondary N) is 2. The molecule has 29 heavy (non-hydrogen) atoms. The Hall–Kier alpha value is -2.06. The lowest BCUT2D eigenvalue weighted by Crippen LogP contribution is -2.47. The maximum absolute atomic E-state index is 12.5. The summed E-state index contributed by atoms with van der Waals surface area (Å²) in [4.78, 5) is 26.4. The Labute approximate surface area is 179 Å². The first-order chi connectivity index (χ1) is 13.7. The highest BCUT2D eigenvalue weighted by Gasteiger charge is 2.30. The molecule has 0 bridgehead atoms. The summed E-state index contributed by atoms with van der Waals surface area (Å²) in [7, 11) is 0. The monoisotopic (exact) mass is 438 g/mol. The van der Waals surface area contributed by atoms with Crippen LogP contribution in [0.15, 0.2) is 18.2 Å². The predicted octanol–water partition coefficient (Wildman–Crippen LogP) is 4.12. The molecule has 0 radical (unpaired) electrons. The number of likely N-dealkylation sites (tertiary alicyclic amines) is 1. The molecule has 1 aromatic heterocycles. The van der Waals surface area contributed by atoms with Gasteiger partial charge in [0.25, 0.3) is 0 Å². The van der Waals surface area contributed by atoms with Crippen molar-refractivity contribution in [2.75, 3.05) is 31.5 Å². The Morgan fingerprint density at radius 3 is 2.90 bits per heavy atom. The standard InChI is InChI=1S/C20H27ClN4O3S/c1-20(2,3)28-19(27)25-10-4-5-13(12-25)18(26)23-9-8-22-17-15-11-14(21)6-7-16(15)29-24-17/h6-7,11,13H,4-5,8-10,12H2,1-3H3,(H,22,24)(H,23,26). The highest BCUT2D eigenvalue weighted by Crippen LogP contribution is 2.29. The molecule has 2 heterocycles. The molecule has 7 nitrogen and oxygen atoms in total. The van der Waals surface area contributed by atoms with Crippen molar-refractivity contribution in [3.63, 3.8) is 0 Å². The summed E-state index contributed by atoms with van der Waals surface area (Å²) in [6.07, 6.45) is 1.21. The average Bonchev–Trinajstić information content (AvgIpc) is 3.06. The number of hydrogen-bond donors (Lipinski definition) is 2. The molecule has 0 saturated carbocycles. The van der Waals surface area contributed by atoms with Crippen molar-refractivity contribution < 1.29 is 14.3 Å². The molecule has 1 aliphatic rings. The van der Waals surface area contributed by atoms with Crippen molar-refractivity contribution >= 4 is 51.0 Å². The summed E-state index contributed by atoms with van der Waals surface area (Å²) in [5, 5.41) is 7.85. The van der Waals surface area contributed by atoms with Gasteiger partial charge in [-0.3, -0.25) is 4.79 Å². The second-order valence-electron chi connectivity index (χ2n) is 8.15. The smallest absolute Gasteiger partial charge is 0.410 e. The van der Waals surface area contributed by atoms with Crippen LogP contribution < -0.4 is 10.6 Å². The number of piperidine rings is 1. The van der Waals surface area contributed by atoms with Gasteiger partial charge in [0, 0.05) is 36.6 Å². The first-order valence-electron chi connectivity index (χ1n) is 9.77. The van der Waals surface area contributed by atoms with Crippen LogP contribution in [-0.2, 0) is 9.53 Å². The zero-order chi connectivity index (χ0) is 21.0. The van der Waals surface area contributed by atoms with E-state index in [1.165, 1.54) is 11.5 Å². The molecule has 158 valence electrons. The van der Waals surface area contributed by atoms with Gasteiger partial charge in [0.2, 0.25) is 5.91 Å². The zero-order valence-corrected chi connectivity index (χ0v) is 18.5. The quantitative estimate of drug-likeness (QED) is 0.686. The van der Waals surface area contributed by atoms with Crippen molar-refractivity contribution in [1.29, 1.82) is 0 Å². The molecule has 1 aliphatic heterocycles. The second kappa shape index (κ2) is 9.17. The molecule has 3 rings (SSSR count). The molecule has 0 aliphatic carbocycles. The van der Waals surface area contributed by atoms with E-state index in [9.17, 15) is 9.59 Å². The largest absolute Gasteiger partial charge is 0.444 e. The van der Waals surface area contributed by atoms with E-state index in [1.54, 1.807) is 4.90 Å². The first kappa shape index (κ1) is 21.6. The topological polar surface area (TPSA) is 83.6 Å². The van der Waals surface area contributed by atoms with Crippen molar-refractivity contribution in [3.8, 4) is 0 Å². The van der Waals surface area contributed by atoms with E-state index in [0.29, 0.717) is 31.2 Å². The van der Waals surface area contributed by atoms with E-state index in [0.717, 1.165) is 28.7 Å². The number of carbonyl (C=O) groups excluding carboxylic acids is 2. The Morgan fingerprint density at radius 1 is 1.34 bits per heavy atom. The number of fused-ring (bicyclic) bond motifs is 1. The van der Waals surface area contributed by atoms with Gasteiger partial charge >= 0.3 is 6.09 Å². The molecule has 2 amide bonds. The number of halogens is 1. The first-order valence-corrected chi connectivity index (χ1v) is 10.9. The number of rotatable bonds is 5. The van der Waals surface area contributed by atoms with Gasteiger partial charge in [0.15, 0.2) is 0 Å². The molecule has 2 aromatic rings. The van der Waals surface area contributed by atoms with Crippen molar-refractivity contribution in [2.45, 2.75) is 39.2 Å². The summed E-state index contributed by atoms with van der Waals surface area (Å²) in [6, 6.07) is 5.67. The minimum absolute atomic E-state index is 0.0359. The Bertz CT molecular complexity index is 880. The molecule has 1 saturated heterocycles. The summed E-state index contributed by atoms with van der Waals surface area (Å²) in [5.74, 6) is 0.525. The molecular formula is C20H27ClN4O3S. The predicted molar refractivity (Wildman–Crippen MR) is 117 cm³/mol. The number of amides is 2. The van der Waals surface area contributed by atoms with Gasteiger partial charge in [-0.25, -0.2) is 4.79 Å². The van der Waals surface area contributed by atoms with Gasteiger partial charge in [-0.05, 0) is 63.3 Å². The van der Waals surface area contributed by atoms with Gasteiger partial charge in [0.1, 0.15) is 11.4 Å². The lowest BCUT2D eigenvalue weighted by Gasteiger charge is -2.33. The maximum Gasteiger partial charge on any atom is 0.410 e. The Kier molecular flexibility index (Phi) is 6.85. The summed E-state index contributed by atoms with van der Waals surface area (Å²) < 4.78 is 10.9. The van der Waals surface area contributed by atoms with E-state index < -0.39 is 5.60 Å². The number of ether oxygens (including phenoxy) is 1. The maximum atomic E-state index is 12.5. The van der Waals surface area contributed by atoms with Crippen molar-refractivity contribution in [2.24, 2.45) is 5.92 Å². The van der Waals surface area contributed by atoms with Crippen molar-refractivity contribution in [1.82, 2.24) is 14.6 Å². The lowest BCUT2D eigenvalue weighted by molar-refractivity contribution is -0.126. The van der Waals surface area contributed by atoms with Gasteiger partial charge in [-0.2, -0.15) is 4.37 Å². The van der Waals surface area contributed by atoms with Gasteiger partial charge in [-0.15, -0.1) is 0 Å². The SMILES string of the molecule is CC(C)(C)OC(=O)N1CCCC(C(=O)NCCNc2nsc3ccc(Cl)cc23)C1. The Balaban J connectivity index is 1.45. The van der Waals surface area contributed by atoms with E-state index in [4.69, 9.17) is 16.3 Å². The van der Waals surface area contributed by atoms with Crippen LogP contribution in [0.2, 0.25) is 5.02 Å². The fourth-order valence-electron chi connectivity index (χ4n) is 3.23. The molecule has 1 aromatic carbocycles. The fourth-order valence-corrected chi connectivity index (χ4v) is 4.14. The summed E-state index contributed by atoms with van der Waals surface area (Å²) in [5.41, 5.74) is -0.540. The molecule has 1 unspecified atom stereocenters. The highest BCUT2D eigenvalue weighted by molar-refractivity contribution is 7.13. The van der Waals surface area contributed by atoms with Crippen LogP contribution in [-0.4, -0.2) is 53.1 Å². The van der Waals surface area contributed by atoms with Crippen molar-refractivity contribution in [3.05, 3.63) is 23.2 Å². The molecule has 0 spiro atoms. The lowest BCUT2D eigenvalue weighted by atomic mass is 9.97. The normalized spacial score (nSPS) is 17.2. The second-order valence-corrected chi connectivity index (χ2v) is 9.40. The Morgan fingerprint density at radius 2 is 2.14 bits per heavy atom. The van der Waals surface area contributed by atoms with Crippen LogP contribution in [0, 0.1) is 5.92 Å². The minimum Gasteiger partial charge on any atom is -0.444 e. The van der Waals surface area contributed by atoms with Crippen LogP contribution in [0.3, 0.4) is 0 Å². The van der Waals surface area contributed by atoms with Gasteiger partial charge in [-0.1, -0.05) is 11.6 Å².